The second-order valence-corrected chi connectivity index (χ2v) is 6.15. The van der Waals surface area contributed by atoms with E-state index in [0.717, 1.165) is 30.7 Å². The van der Waals surface area contributed by atoms with Gasteiger partial charge in [-0.3, -0.25) is 0 Å². The van der Waals surface area contributed by atoms with Gasteiger partial charge in [-0.1, -0.05) is 37.3 Å². The number of benzene rings is 1. The van der Waals surface area contributed by atoms with Crippen LogP contribution in [0.5, 0.6) is 0 Å². The molecule has 0 aliphatic carbocycles. The summed E-state index contributed by atoms with van der Waals surface area (Å²) in [4.78, 5) is 11.3. The molecule has 0 spiro atoms. The minimum absolute atomic E-state index is 0.0741. The quantitative estimate of drug-likeness (QED) is 0.726. The third-order valence-electron chi connectivity index (χ3n) is 4.32. The van der Waals surface area contributed by atoms with Crippen molar-refractivity contribution in [2.24, 2.45) is 0 Å². The predicted molar refractivity (Wildman–Crippen MR) is 95.6 cm³/mol. The van der Waals surface area contributed by atoms with Crippen LogP contribution in [-0.2, 0) is 13.2 Å². The number of aromatic nitrogens is 3. The van der Waals surface area contributed by atoms with Crippen LogP contribution in [0.4, 0.5) is 0 Å². The Hall–Kier alpha value is -2.24. The Bertz CT molecular complexity index is 784. The summed E-state index contributed by atoms with van der Waals surface area (Å²) in [5.41, 5.74) is 2.98. The predicted octanol–water partition coefficient (Wildman–Crippen LogP) is 3.01. The lowest BCUT2D eigenvalue weighted by Crippen LogP contribution is -2.28. The van der Waals surface area contributed by atoms with Crippen LogP contribution in [0, 0.1) is 0 Å². The van der Waals surface area contributed by atoms with E-state index < -0.39 is 0 Å². The summed E-state index contributed by atoms with van der Waals surface area (Å²) in [5.74, 6) is 0.684. The number of aliphatic hydroxyl groups is 1. The molecule has 2 heterocycles. The number of hydrogen-bond acceptors (Lipinski definition) is 4. The van der Waals surface area contributed by atoms with Crippen molar-refractivity contribution in [3.05, 3.63) is 60.0 Å². The molecule has 5 heteroatoms. The summed E-state index contributed by atoms with van der Waals surface area (Å²) in [7, 11) is 2.13. The summed E-state index contributed by atoms with van der Waals surface area (Å²) in [5, 5.41) is 9.71. The first-order chi connectivity index (χ1) is 11.7. The number of aliphatic hydroxyl groups excluding tert-OH is 1. The molecule has 0 bridgehead atoms. The maximum absolute atomic E-state index is 9.71. The van der Waals surface area contributed by atoms with Gasteiger partial charge in [0, 0.05) is 25.3 Å². The number of likely N-dealkylation sites (N-methyl/N-ethyl adjacent to an activating group) is 1. The van der Waals surface area contributed by atoms with E-state index >= 15 is 0 Å². The minimum Gasteiger partial charge on any atom is -0.388 e. The van der Waals surface area contributed by atoms with Gasteiger partial charge in [-0.25, -0.2) is 9.97 Å². The number of imidazole rings is 1. The van der Waals surface area contributed by atoms with Crippen molar-refractivity contribution >= 4 is 11.2 Å². The molecule has 0 radical (unpaired) electrons. The molecule has 0 unspecified atom stereocenters. The van der Waals surface area contributed by atoms with E-state index in [-0.39, 0.29) is 12.6 Å². The van der Waals surface area contributed by atoms with Crippen LogP contribution in [0.15, 0.2) is 48.7 Å². The van der Waals surface area contributed by atoms with Crippen molar-refractivity contribution in [1.82, 2.24) is 19.4 Å². The van der Waals surface area contributed by atoms with E-state index in [1.54, 1.807) is 6.20 Å². The fourth-order valence-corrected chi connectivity index (χ4v) is 3.18. The van der Waals surface area contributed by atoms with Gasteiger partial charge in [0.05, 0.1) is 0 Å². The molecule has 0 aliphatic heterocycles. The van der Waals surface area contributed by atoms with Gasteiger partial charge in [0.1, 0.15) is 17.9 Å². The Labute approximate surface area is 142 Å². The Morgan fingerprint density at radius 3 is 2.67 bits per heavy atom. The Morgan fingerprint density at radius 1 is 1.17 bits per heavy atom. The Morgan fingerprint density at radius 2 is 1.96 bits per heavy atom. The molecule has 0 amide bonds. The highest BCUT2D eigenvalue weighted by Gasteiger charge is 2.19. The smallest absolute Gasteiger partial charge is 0.160 e. The van der Waals surface area contributed by atoms with Crippen LogP contribution in [0.3, 0.4) is 0 Å². The first-order valence-corrected chi connectivity index (χ1v) is 8.38. The van der Waals surface area contributed by atoms with E-state index in [1.807, 2.05) is 18.2 Å². The molecule has 24 heavy (non-hydrogen) atoms. The molecule has 1 atom stereocenters. The zero-order valence-corrected chi connectivity index (χ0v) is 14.3. The van der Waals surface area contributed by atoms with Gasteiger partial charge in [-0.05, 0) is 31.2 Å². The fourth-order valence-electron chi connectivity index (χ4n) is 3.18. The van der Waals surface area contributed by atoms with Crippen LogP contribution in [0.25, 0.3) is 11.2 Å². The lowest BCUT2D eigenvalue weighted by atomic mass is 10.1. The topological polar surface area (TPSA) is 54.2 Å². The van der Waals surface area contributed by atoms with E-state index in [9.17, 15) is 5.11 Å². The third kappa shape index (κ3) is 3.47. The van der Waals surface area contributed by atoms with E-state index in [4.69, 9.17) is 0 Å². The first kappa shape index (κ1) is 16.6. The molecular weight excluding hydrogens is 300 g/mol. The minimum atomic E-state index is -0.0741. The average Bonchev–Trinajstić information content (AvgIpc) is 2.99. The summed E-state index contributed by atoms with van der Waals surface area (Å²) >= 11 is 0. The Kier molecular flexibility index (Phi) is 5.23. The number of nitrogens with zero attached hydrogens (tertiary/aromatic N) is 4. The van der Waals surface area contributed by atoms with Gasteiger partial charge in [-0.15, -0.1) is 0 Å². The zero-order valence-electron chi connectivity index (χ0n) is 14.3. The molecule has 1 aromatic carbocycles. The maximum Gasteiger partial charge on any atom is 0.160 e. The molecule has 0 aliphatic rings. The highest BCUT2D eigenvalue weighted by Crippen LogP contribution is 2.23. The molecule has 0 saturated heterocycles. The zero-order chi connectivity index (χ0) is 16.9. The van der Waals surface area contributed by atoms with Gasteiger partial charge >= 0.3 is 0 Å². The standard InChI is InChI=1S/C19H24N4O/c1-3-16(13-22(2)12-15-8-5-4-6-9-15)23-18(14-24)21-17-10-7-11-20-19(17)23/h4-11,16,24H,3,12-14H2,1-2H3/t16-/m0/s1. The van der Waals surface area contributed by atoms with Crippen molar-refractivity contribution in [3.8, 4) is 0 Å². The lowest BCUT2D eigenvalue weighted by molar-refractivity contribution is 0.237. The van der Waals surface area contributed by atoms with Crippen LogP contribution in [0.1, 0.15) is 30.8 Å². The molecular formula is C19H24N4O. The highest BCUT2D eigenvalue weighted by atomic mass is 16.3. The number of hydrogen-bond donors (Lipinski definition) is 1. The highest BCUT2D eigenvalue weighted by molar-refractivity contribution is 5.71. The molecule has 126 valence electrons. The summed E-state index contributed by atoms with van der Waals surface area (Å²) in [6.07, 6.45) is 2.73. The summed E-state index contributed by atoms with van der Waals surface area (Å²) in [6.45, 7) is 3.86. The van der Waals surface area contributed by atoms with Crippen LogP contribution in [0.2, 0.25) is 0 Å². The van der Waals surface area contributed by atoms with Gasteiger partial charge in [0.25, 0.3) is 0 Å². The summed E-state index contributed by atoms with van der Waals surface area (Å²) in [6, 6.07) is 14.5. The van der Waals surface area contributed by atoms with E-state index in [2.05, 4.69) is 57.7 Å². The van der Waals surface area contributed by atoms with Gasteiger partial charge in [0.2, 0.25) is 0 Å². The van der Waals surface area contributed by atoms with Crippen molar-refractivity contribution in [1.29, 1.82) is 0 Å². The van der Waals surface area contributed by atoms with Gasteiger partial charge < -0.3 is 14.6 Å². The first-order valence-electron chi connectivity index (χ1n) is 8.38. The molecule has 3 aromatic rings. The van der Waals surface area contributed by atoms with Gasteiger partial charge in [-0.2, -0.15) is 0 Å². The number of pyridine rings is 1. The third-order valence-corrected chi connectivity index (χ3v) is 4.32. The molecule has 1 N–H and O–H groups in total. The summed E-state index contributed by atoms with van der Waals surface area (Å²) < 4.78 is 2.09. The van der Waals surface area contributed by atoms with E-state index in [0.29, 0.717) is 5.82 Å². The van der Waals surface area contributed by atoms with E-state index in [1.165, 1.54) is 5.56 Å². The average molecular weight is 324 g/mol. The normalized spacial score (nSPS) is 12.8. The molecule has 3 rings (SSSR count). The second kappa shape index (κ2) is 7.55. The Balaban J connectivity index is 1.83. The monoisotopic (exact) mass is 324 g/mol. The van der Waals surface area contributed by atoms with Crippen LogP contribution in [-0.4, -0.2) is 38.1 Å². The second-order valence-electron chi connectivity index (χ2n) is 6.15. The molecule has 0 saturated carbocycles. The van der Waals surface area contributed by atoms with Crippen LogP contribution < -0.4 is 0 Å². The number of fused-ring (bicyclic) bond motifs is 1. The van der Waals surface area contributed by atoms with Crippen molar-refractivity contribution in [3.63, 3.8) is 0 Å². The van der Waals surface area contributed by atoms with Crippen molar-refractivity contribution in [2.45, 2.75) is 32.5 Å². The SMILES string of the molecule is CC[C@@H](CN(C)Cc1ccccc1)n1c(CO)nc2cccnc21. The van der Waals surface area contributed by atoms with Crippen LogP contribution >= 0.6 is 0 Å². The molecule has 0 fully saturated rings. The van der Waals surface area contributed by atoms with Crippen molar-refractivity contribution in [2.75, 3.05) is 13.6 Å². The lowest BCUT2D eigenvalue weighted by Gasteiger charge is -2.25. The largest absolute Gasteiger partial charge is 0.388 e. The maximum atomic E-state index is 9.71. The fraction of sp³-hybridized carbons (Fsp3) is 0.368. The van der Waals surface area contributed by atoms with Gasteiger partial charge in [0.15, 0.2) is 5.65 Å². The van der Waals surface area contributed by atoms with Crippen molar-refractivity contribution < 1.29 is 5.11 Å². The molecule has 2 aromatic heterocycles. The molecule has 5 nitrogen and oxygen atoms in total. The number of rotatable bonds is 7.